The maximum atomic E-state index is 11.7. The Morgan fingerprint density at radius 1 is 1.44 bits per heavy atom. The molecule has 1 aliphatic heterocycles. The highest BCUT2D eigenvalue weighted by atomic mass is 16.5. The Morgan fingerprint density at radius 2 is 2.19 bits per heavy atom. The van der Waals surface area contributed by atoms with Crippen LogP contribution in [0.5, 0.6) is 0 Å². The molecule has 1 aromatic rings. The molecule has 86 valence electrons. The molecule has 0 unspecified atom stereocenters. The van der Waals surface area contributed by atoms with Crippen LogP contribution in [-0.4, -0.2) is 18.6 Å². The van der Waals surface area contributed by atoms with Crippen LogP contribution in [0.4, 0.5) is 5.69 Å². The number of carbonyl (C=O) groups excluding carboxylic acids is 1. The maximum Gasteiger partial charge on any atom is 0.253 e. The van der Waals surface area contributed by atoms with Crippen molar-refractivity contribution < 1.29 is 9.53 Å². The number of hydrogen-bond acceptors (Lipinski definition) is 2. The van der Waals surface area contributed by atoms with Crippen molar-refractivity contribution >= 4 is 11.6 Å². The third-order valence-corrected chi connectivity index (χ3v) is 2.85. The number of amides is 1. The topological polar surface area (TPSA) is 38.3 Å². The van der Waals surface area contributed by atoms with E-state index in [4.69, 9.17) is 4.74 Å². The third-order valence-electron chi connectivity index (χ3n) is 2.85. The number of hydrogen-bond donors (Lipinski definition) is 1. The van der Waals surface area contributed by atoms with Crippen molar-refractivity contribution in [3.05, 3.63) is 29.8 Å². The Morgan fingerprint density at radius 3 is 2.75 bits per heavy atom. The molecule has 1 aromatic carbocycles. The first-order chi connectivity index (χ1) is 7.79. The Hall–Kier alpha value is -1.35. The number of anilines is 1. The van der Waals surface area contributed by atoms with Crippen molar-refractivity contribution in [2.24, 2.45) is 0 Å². The molecule has 0 aromatic heterocycles. The monoisotopic (exact) mass is 219 g/mol. The highest BCUT2D eigenvalue weighted by Gasteiger charge is 2.23. The van der Waals surface area contributed by atoms with E-state index in [0.29, 0.717) is 6.61 Å². The Bertz CT molecular complexity index is 353. The number of ether oxygens (including phenoxy) is 1. The molecule has 1 saturated heterocycles. The lowest BCUT2D eigenvalue weighted by Gasteiger charge is -2.10. The van der Waals surface area contributed by atoms with E-state index >= 15 is 0 Å². The summed E-state index contributed by atoms with van der Waals surface area (Å²) in [6.07, 6.45) is 2.57. The van der Waals surface area contributed by atoms with Crippen molar-refractivity contribution in [3.63, 3.8) is 0 Å². The van der Waals surface area contributed by atoms with Gasteiger partial charge in [-0.1, -0.05) is 19.1 Å². The fourth-order valence-electron chi connectivity index (χ4n) is 1.83. The first-order valence-corrected chi connectivity index (χ1v) is 5.81. The Kier molecular flexibility index (Phi) is 3.57. The van der Waals surface area contributed by atoms with Crippen LogP contribution < -0.4 is 5.32 Å². The van der Waals surface area contributed by atoms with Gasteiger partial charge in [-0.3, -0.25) is 4.79 Å². The van der Waals surface area contributed by atoms with Gasteiger partial charge in [-0.05, 0) is 37.0 Å². The molecule has 0 saturated carbocycles. The molecule has 2 rings (SSSR count). The molecular formula is C13H17NO2. The summed E-state index contributed by atoms with van der Waals surface area (Å²) in [6, 6.07) is 7.94. The van der Waals surface area contributed by atoms with Crippen molar-refractivity contribution in [1.29, 1.82) is 0 Å². The third kappa shape index (κ3) is 2.61. The molecule has 1 fully saturated rings. The van der Waals surface area contributed by atoms with Gasteiger partial charge in [0.2, 0.25) is 0 Å². The van der Waals surface area contributed by atoms with E-state index in [1.54, 1.807) is 0 Å². The lowest BCUT2D eigenvalue weighted by Crippen LogP contribution is -2.26. The standard InChI is InChI=1S/C13H17NO2/c1-2-10-5-7-11(8-6-10)14-13(15)12-4-3-9-16-12/h5-8,12H,2-4,9H2,1H3,(H,14,15)/t12-/m0/s1. The van der Waals surface area contributed by atoms with Gasteiger partial charge < -0.3 is 10.1 Å². The molecule has 1 amide bonds. The van der Waals surface area contributed by atoms with Crippen LogP contribution >= 0.6 is 0 Å². The van der Waals surface area contributed by atoms with Crippen molar-refractivity contribution in [2.45, 2.75) is 32.3 Å². The quantitative estimate of drug-likeness (QED) is 0.847. The van der Waals surface area contributed by atoms with Crippen molar-refractivity contribution in [2.75, 3.05) is 11.9 Å². The first-order valence-electron chi connectivity index (χ1n) is 5.81. The predicted octanol–water partition coefficient (Wildman–Crippen LogP) is 2.37. The first kappa shape index (κ1) is 11.1. The van der Waals surface area contributed by atoms with E-state index in [-0.39, 0.29) is 12.0 Å². The molecule has 0 aliphatic carbocycles. The molecule has 1 heterocycles. The van der Waals surface area contributed by atoms with Crippen molar-refractivity contribution in [3.8, 4) is 0 Å². The van der Waals surface area contributed by atoms with E-state index in [9.17, 15) is 4.79 Å². The van der Waals surface area contributed by atoms with Gasteiger partial charge in [-0.25, -0.2) is 0 Å². The van der Waals surface area contributed by atoms with Crippen LogP contribution in [0.25, 0.3) is 0 Å². The summed E-state index contributed by atoms with van der Waals surface area (Å²) >= 11 is 0. The molecule has 3 nitrogen and oxygen atoms in total. The predicted molar refractivity (Wildman–Crippen MR) is 63.4 cm³/mol. The van der Waals surface area contributed by atoms with Crippen LogP contribution in [0.2, 0.25) is 0 Å². The fraction of sp³-hybridized carbons (Fsp3) is 0.462. The van der Waals surface area contributed by atoms with Crippen LogP contribution in [0, 0.1) is 0 Å². The second kappa shape index (κ2) is 5.12. The normalized spacial score (nSPS) is 19.7. The molecular weight excluding hydrogens is 202 g/mol. The van der Waals surface area contributed by atoms with Crippen molar-refractivity contribution in [1.82, 2.24) is 0 Å². The summed E-state index contributed by atoms with van der Waals surface area (Å²) in [4.78, 5) is 11.7. The zero-order valence-corrected chi connectivity index (χ0v) is 9.53. The van der Waals surface area contributed by atoms with Gasteiger partial charge in [0.05, 0.1) is 0 Å². The number of benzene rings is 1. The summed E-state index contributed by atoms with van der Waals surface area (Å²) in [5, 5.41) is 2.87. The minimum Gasteiger partial charge on any atom is -0.368 e. The highest BCUT2D eigenvalue weighted by Crippen LogP contribution is 2.15. The minimum absolute atomic E-state index is 0.0262. The van der Waals surface area contributed by atoms with Gasteiger partial charge in [0.15, 0.2) is 0 Å². The molecule has 1 aliphatic rings. The molecule has 0 spiro atoms. The Labute approximate surface area is 95.8 Å². The molecule has 1 atom stereocenters. The summed E-state index contributed by atoms with van der Waals surface area (Å²) in [7, 11) is 0. The van der Waals surface area contributed by atoms with Gasteiger partial charge in [0, 0.05) is 12.3 Å². The van der Waals surface area contributed by atoms with E-state index in [1.807, 2.05) is 24.3 Å². The molecule has 16 heavy (non-hydrogen) atoms. The van der Waals surface area contributed by atoms with E-state index in [2.05, 4.69) is 12.2 Å². The Balaban J connectivity index is 1.94. The molecule has 3 heteroatoms. The van der Waals surface area contributed by atoms with Crippen LogP contribution in [-0.2, 0) is 16.0 Å². The zero-order chi connectivity index (χ0) is 11.4. The van der Waals surface area contributed by atoms with Crippen LogP contribution in [0.1, 0.15) is 25.3 Å². The second-order valence-corrected chi connectivity index (χ2v) is 4.04. The zero-order valence-electron chi connectivity index (χ0n) is 9.53. The van der Waals surface area contributed by atoms with Crippen LogP contribution in [0.15, 0.2) is 24.3 Å². The SMILES string of the molecule is CCc1ccc(NC(=O)[C@@H]2CCCO2)cc1. The van der Waals surface area contributed by atoms with Gasteiger partial charge in [-0.2, -0.15) is 0 Å². The fourth-order valence-corrected chi connectivity index (χ4v) is 1.83. The van der Waals surface area contributed by atoms with E-state index < -0.39 is 0 Å². The lowest BCUT2D eigenvalue weighted by molar-refractivity contribution is -0.124. The maximum absolute atomic E-state index is 11.7. The number of rotatable bonds is 3. The molecule has 0 radical (unpaired) electrons. The number of aryl methyl sites for hydroxylation is 1. The minimum atomic E-state index is -0.258. The smallest absolute Gasteiger partial charge is 0.253 e. The second-order valence-electron chi connectivity index (χ2n) is 4.04. The average molecular weight is 219 g/mol. The summed E-state index contributed by atoms with van der Waals surface area (Å²) in [5.41, 5.74) is 2.12. The highest BCUT2D eigenvalue weighted by molar-refractivity contribution is 5.94. The molecule has 0 bridgehead atoms. The van der Waals surface area contributed by atoms with Gasteiger partial charge >= 0.3 is 0 Å². The van der Waals surface area contributed by atoms with Gasteiger partial charge in [0.1, 0.15) is 6.10 Å². The van der Waals surface area contributed by atoms with E-state index in [1.165, 1.54) is 5.56 Å². The molecule has 1 N–H and O–H groups in total. The van der Waals surface area contributed by atoms with Gasteiger partial charge in [-0.15, -0.1) is 0 Å². The summed E-state index contributed by atoms with van der Waals surface area (Å²) < 4.78 is 5.32. The number of carbonyl (C=O) groups is 1. The van der Waals surface area contributed by atoms with Crippen LogP contribution in [0.3, 0.4) is 0 Å². The van der Waals surface area contributed by atoms with Gasteiger partial charge in [0.25, 0.3) is 5.91 Å². The average Bonchev–Trinajstić information content (AvgIpc) is 2.83. The largest absolute Gasteiger partial charge is 0.368 e. The summed E-state index contributed by atoms with van der Waals surface area (Å²) in [6.45, 7) is 2.81. The number of nitrogens with one attached hydrogen (secondary N) is 1. The summed E-state index contributed by atoms with van der Waals surface area (Å²) in [5.74, 6) is -0.0262. The lowest BCUT2D eigenvalue weighted by atomic mass is 10.1. The van der Waals surface area contributed by atoms with E-state index in [0.717, 1.165) is 24.9 Å².